The van der Waals surface area contributed by atoms with Crippen LogP contribution in [0.2, 0.25) is 0 Å². The minimum Gasteiger partial charge on any atom is -0.495 e. The fourth-order valence-electron chi connectivity index (χ4n) is 2.97. The second-order valence-corrected chi connectivity index (χ2v) is 9.00. The van der Waals surface area contributed by atoms with Crippen molar-refractivity contribution in [3.63, 3.8) is 0 Å². The minimum atomic E-state index is -3.71. The summed E-state index contributed by atoms with van der Waals surface area (Å²) < 4.78 is 31.3. The first-order valence-electron chi connectivity index (χ1n) is 9.36. The van der Waals surface area contributed by atoms with Gasteiger partial charge in [-0.15, -0.1) is 0 Å². The fraction of sp³-hybridized carbons (Fsp3) is 0.130. The molecular weight excluding hydrogens is 416 g/mol. The molecule has 0 saturated heterocycles. The molecule has 0 aliphatic carbocycles. The highest BCUT2D eigenvalue weighted by Gasteiger charge is 2.22. The maximum atomic E-state index is 13.1. The smallest absolute Gasteiger partial charge is 0.256 e. The molecule has 8 heteroatoms. The molecule has 0 spiro atoms. The number of hydrogen-bond donors (Lipinski definition) is 1. The average Bonchev–Trinajstić information content (AvgIpc) is 2.79. The third kappa shape index (κ3) is 4.65. The average molecular weight is 439 g/mol. The van der Waals surface area contributed by atoms with E-state index in [1.165, 1.54) is 39.4 Å². The summed E-state index contributed by atoms with van der Waals surface area (Å²) in [6.45, 7) is 0. The Morgan fingerprint density at radius 1 is 0.871 bits per heavy atom. The monoisotopic (exact) mass is 438 g/mol. The Morgan fingerprint density at radius 3 is 2.10 bits per heavy atom. The van der Waals surface area contributed by atoms with Gasteiger partial charge in [0.1, 0.15) is 5.75 Å². The number of hydrogen-bond acceptors (Lipinski definition) is 5. The first kappa shape index (κ1) is 22.2. The summed E-state index contributed by atoms with van der Waals surface area (Å²) in [6, 6.07) is 19.3. The van der Waals surface area contributed by atoms with Crippen LogP contribution >= 0.6 is 0 Å². The highest BCUT2D eigenvalue weighted by molar-refractivity contribution is 7.89. The number of amides is 1. The molecule has 0 aliphatic heterocycles. The van der Waals surface area contributed by atoms with Gasteiger partial charge in [0.05, 0.1) is 23.3 Å². The largest absolute Gasteiger partial charge is 0.495 e. The predicted octanol–water partition coefficient (Wildman–Crippen LogP) is 3.43. The molecule has 1 amide bonds. The number of rotatable bonds is 7. The third-order valence-electron chi connectivity index (χ3n) is 4.65. The summed E-state index contributed by atoms with van der Waals surface area (Å²) in [5.74, 6) is -0.558. The molecule has 0 saturated carbocycles. The van der Waals surface area contributed by atoms with Crippen molar-refractivity contribution in [1.29, 1.82) is 0 Å². The van der Waals surface area contributed by atoms with Crippen LogP contribution in [0.15, 0.2) is 77.7 Å². The van der Waals surface area contributed by atoms with Gasteiger partial charge in [0.15, 0.2) is 5.78 Å². The van der Waals surface area contributed by atoms with Crippen LogP contribution in [-0.2, 0) is 10.0 Å². The zero-order chi connectivity index (χ0) is 22.6. The lowest BCUT2D eigenvalue weighted by Crippen LogP contribution is -2.22. The Bertz CT molecular complexity index is 1220. The Kier molecular flexibility index (Phi) is 6.53. The van der Waals surface area contributed by atoms with Crippen LogP contribution in [0.5, 0.6) is 5.75 Å². The SMILES string of the molecule is COc1ccc(S(=O)(=O)N(C)C)cc1NC(=O)c1ccccc1C(=O)c1ccccc1. The highest BCUT2D eigenvalue weighted by atomic mass is 32.2. The molecule has 0 fully saturated rings. The second kappa shape index (κ2) is 9.11. The van der Waals surface area contributed by atoms with Gasteiger partial charge in [0.2, 0.25) is 10.0 Å². The van der Waals surface area contributed by atoms with Gasteiger partial charge in [0, 0.05) is 25.2 Å². The van der Waals surface area contributed by atoms with Gasteiger partial charge in [-0.25, -0.2) is 12.7 Å². The van der Waals surface area contributed by atoms with Crippen molar-refractivity contribution >= 4 is 27.4 Å². The molecule has 3 rings (SSSR count). The second-order valence-electron chi connectivity index (χ2n) is 6.84. The molecule has 160 valence electrons. The quantitative estimate of drug-likeness (QED) is 0.571. The van der Waals surface area contributed by atoms with Gasteiger partial charge in [-0.05, 0) is 24.3 Å². The topological polar surface area (TPSA) is 92.8 Å². The third-order valence-corrected chi connectivity index (χ3v) is 6.46. The molecule has 0 radical (unpaired) electrons. The number of ketones is 1. The van der Waals surface area contributed by atoms with Crippen molar-refractivity contribution in [2.24, 2.45) is 0 Å². The van der Waals surface area contributed by atoms with E-state index < -0.39 is 15.9 Å². The predicted molar refractivity (Wildman–Crippen MR) is 118 cm³/mol. The molecule has 0 heterocycles. The molecule has 1 N–H and O–H groups in total. The molecule has 0 aromatic heterocycles. The molecular formula is C23H22N2O5S. The lowest BCUT2D eigenvalue weighted by molar-refractivity contribution is 0.0996. The number of benzene rings is 3. The summed E-state index contributed by atoms with van der Waals surface area (Å²) in [6.07, 6.45) is 0. The minimum absolute atomic E-state index is 0.00208. The van der Waals surface area contributed by atoms with E-state index in [0.717, 1.165) is 4.31 Å². The van der Waals surface area contributed by atoms with E-state index in [1.807, 2.05) is 0 Å². The van der Waals surface area contributed by atoms with Crippen LogP contribution in [0.4, 0.5) is 5.69 Å². The summed E-state index contributed by atoms with van der Waals surface area (Å²) >= 11 is 0. The molecule has 0 aliphatic rings. The van der Waals surface area contributed by atoms with Gasteiger partial charge >= 0.3 is 0 Å². The Hall–Kier alpha value is -3.49. The number of carbonyl (C=O) groups excluding carboxylic acids is 2. The highest BCUT2D eigenvalue weighted by Crippen LogP contribution is 2.29. The van der Waals surface area contributed by atoms with Gasteiger partial charge in [-0.3, -0.25) is 9.59 Å². The molecule has 0 unspecified atom stereocenters. The zero-order valence-electron chi connectivity index (χ0n) is 17.3. The summed E-state index contributed by atoms with van der Waals surface area (Å²) in [5.41, 5.74) is 1.04. The number of carbonyl (C=O) groups is 2. The first-order chi connectivity index (χ1) is 14.8. The van der Waals surface area contributed by atoms with Crippen LogP contribution in [0.1, 0.15) is 26.3 Å². The number of ether oxygens (including phenoxy) is 1. The number of nitrogens with one attached hydrogen (secondary N) is 1. The number of nitrogens with zero attached hydrogens (tertiary/aromatic N) is 1. The molecule has 3 aromatic rings. The van der Waals surface area contributed by atoms with E-state index >= 15 is 0 Å². The van der Waals surface area contributed by atoms with Crippen LogP contribution in [0, 0.1) is 0 Å². The van der Waals surface area contributed by atoms with E-state index in [2.05, 4.69) is 5.32 Å². The Morgan fingerprint density at radius 2 is 1.48 bits per heavy atom. The van der Waals surface area contributed by atoms with Crippen molar-refractivity contribution in [1.82, 2.24) is 4.31 Å². The first-order valence-corrected chi connectivity index (χ1v) is 10.8. The van der Waals surface area contributed by atoms with Crippen molar-refractivity contribution in [2.45, 2.75) is 4.90 Å². The zero-order valence-corrected chi connectivity index (χ0v) is 18.1. The number of methoxy groups -OCH3 is 1. The van der Waals surface area contributed by atoms with E-state index in [4.69, 9.17) is 4.74 Å². The van der Waals surface area contributed by atoms with Crippen LogP contribution in [0.25, 0.3) is 0 Å². The molecule has 31 heavy (non-hydrogen) atoms. The van der Waals surface area contributed by atoms with Crippen LogP contribution in [0.3, 0.4) is 0 Å². The van der Waals surface area contributed by atoms with E-state index in [-0.39, 0.29) is 33.2 Å². The lowest BCUT2D eigenvalue weighted by atomic mass is 9.98. The molecule has 3 aromatic carbocycles. The van der Waals surface area contributed by atoms with Crippen molar-refractivity contribution in [3.8, 4) is 5.75 Å². The van der Waals surface area contributed by atoms with Gasteiger partial charge in [-0.1, -0.05) is 48.5 Å². The Labute approximate surface area is 181 Å². The van der Waals surface area contributed by atoms with E-state index in [0.29, 0.717) is 5.56 Å². The summed E-state index contributed by atoms with van der Waals surface area (Å²) in [5, 5.41) is 2.68. The van der Waals surface area contributed by atoms with Gasteiger partial charge in [-0.2, -0.15) is 0 Å². The van der Waals surface area contributed by atoms with Crippen LogP contribution < -0.4 is 10.1 Å². The van der Waals surface area contributed by atoms with Gasteiger partial charge < -0.3 is 10.1 Å². The maximum absolute atomic E-state index is 13.1. The fourth-order valence-corrected chi connectivity index (χ4v) is 3.90. The van der Waals surface area contributed by atoms with Crippen molar-refractivity contribution in [2.75, 3.05) is 26.5 Å². The normalized spacial score (nSPS) is 11.2. The van der Waals surface area contributed by atoms with Crippen LogP contribution in [-0.4, -0.2) is 45.6 Å². The molecule has 0 bridgehead atoms. The number of anilines is 1. The summed E-state index contributed by atoms with van der Waals surface area (Å²) in [7, 11) is 0.544. The summed E-state index contributed by atoms with van der Waals surface area (Å²) in [4.78, 5) is 26.0. The molecule has 0 atom stereocenters. The Balaban J connectivity index is 1.99. The molecule has 7 nitrogen and oxygen atoms in total. The van der Waals surface area contributed by atoms with Crippen molar-refractivity contribution < 1.29 is 22.7 Å². The van der Waals surface area contributed by atoms with Gasteiger partial charge in [0.25, 0.3) is 5.91 Å². The number of sulfonamides is 1. The van der Waals surface area contributed by atoms with E-state index in [9.17, 15) is 18.0 Å². The lowest BCUT2D eigenvalue weighted by Gasteiger charge is -2.16. The standard InChI is InChI=1S/C23H22N2O5S/c1-25(2)31(28,29)17-13-14-21(30-3)20(15-17)24-23(27)19-12-8-7-11-18(19)22(26)16-9-5-4-6-10-16/h4-15H,1-3H3,(H,24,27). The van der Waals surface area contributed by atoms with Crippen molar-refractivity contribution in [3.05, 3.63) is 89.5 Å². The van der Waals surface area contributed by atoms with E-state index in [1.54, 1.807) is 54.6 Å². The maximum Gasteiger partial charge on any atom is 0.256 e.